The lowest BCUT2D eigenvalue weighted by atomic mass is 10.00. The lowest BCUT2D eigenvalue weighted by Gasteiger charge is -2.13. The van der Waals surface area contributed by atoms with Crippen LogP contribution < -0.4 is 9.47 Å². The highest BCUT2D eigenvalue weighted by Gasteiger charge is 2.09. The van der Waals surface area contributed by atoms with E-state index in [1.165, 1.54) is 0 Å². The monoisotopic (exact) mass is 435 g/mol. The van der Waals surface area contributed by atoms with Crippen LogP contribution in [0.25, 0.3) is 0 Å². The standard InChI is InChI=1S/C20H28Cl3NO3/c1-15-12-16(25-11-8-18(22)23)13-17(21)19(15)26-9-6-5-7-10-27-24-14-20(2,3)4/h8,12-14H,5-7,9-11H2,1-4H3. The largest absolute Gasteiger partial charge is 0.492 e. The molecule has 0 saturated heterocycles. The summed E-state index contributed by atoms with van der Waals surface area (Å²) in [5.41, 5.74) is 0.956. The number of benzene rings is 1. The molecule has 1 aromatic rings. The molecule has 1 aromatic carbocycles. The van der Waals surface area contributed by atoms with Gasteiger partial charge in [0.1, 0.15) is 29.2 Å². The van der Waals surface area contributed by atoms with Gasteiger partial charge in [-0.2, -0.15) is 0 Å². The summed E-state index contributed by atoms with van der Waals surface area (Å²) in [6.07, 6.45) is 6.22. The second-order valence-corrected chi connectivity index (χ2v) is 8.61. The molecule has 0 heterocycles. The first-order chi connectivity index (χ1) is 12.7. The Morgan fingerprint density at radius 2 is 1.78 bits per heavy atom. The van der Waals surface area contributed by atoms with Gasteiger partial charge in [-0.1, -0.05) is 60.7 Å². The molecule has 0 aliphatic heterocycles. The Kier molecular flexibility index (Phi) is 11.0. The van der Waals surface area contributed by atoms with Crippen molar-refractivity contribution in [2.24, 2.45) is 10.6 Å². The zero-order chi connectivity index (χ0) is 20.3. The summed E-state index contributed by atoms with van der Waals surface area (Å²) >= 11 is 17.4. The van der Waals surface area contributed by atoms with Gasteiger partial charge in [-0.25, -0.2) is 0 Å². The molecule has 0 amide bonds. The van der Waals surface area contributed by atoms with Crippen molar-refractivity contribution in [2.45, 2.75) is 47.0 Å². The van der Waals surface area contributed by atoms with Crippen molar-refractivity contribution in [3.05, 3.63) is 33.3 Å². The van der Waals surface area contributed by atoms with Crippen molar-refractivity contribution in [2.75, 3.05) is 19.8 Å². The van der Waals surface area contributed by atoms with Gasteiger partial charge >= 0.3 is 0 Å². The van der Waals surface area contributed by atoms with Crippen LogP contribution in [0.4, 0.5) is 0 Å². The third-order valence-corrected chi connectivity index (χ3v) is 3.92. The van der Waals surface area contributed by atoms with Crippen molar-refractivity contribution in [3.8, 4) is 11.5 Å². The summed E-state index contributed by atoms with van der Waals surface area (Å²) in [4.78, 5) is 5.25. The molecule has 0 saturated carbocycles. The van der Waals surface area contributed by atoms with Gasteiger partial charge in [-0.3, -0.25) is 0 Å². The minimum absolute atomic E-state index is 0.0411. The van der Waals surface area contributed by atoms with Crippen LogP contribution in [0.3, 0.4) is 0 Å². The van der Waals surface area contributed by atoms with E-state index >= 15 is 0 Å². The van der Waals surface area contributed by atoms with Crippen molar-refractivity contribution in [1.29, 1.82) is 0 Å². The molecule has 0 radical (unpaired) electrons. The Balaban J connectivity index is 2.30. The van der Waals surface area contributed by atoms with Crippen molar-refractivity contribution in [3.63, 3.8) is 0 Å². The first-order valence-corrected chi connectivity index (χ1v) is 10.1. The first kappa shape index (κ1) is 23.9. The number of rotatable bonds is 11. The van der Waals surface area contributed by atoms with Crippen LogP contribution in [-0.2, 0) is 4.84 Å². The van der Waals surface area contributed by atoms with E-state index in [9.17, 15) is 0 Å². The van der Waals surface area contributed by atoms with Crippen LogP contribution in [-0.4, -0.2) is 26.0 Å². The molecule has 0 aliphatic carbocycles. The van der Waals surface area contributed by atoms with Crippen LogP contribution in [0.2, 0.25) is 5.02 Å². The SMILES string of the molecule is Cc1cc(OCC=C(Cl)Cl)cc(Cl)c1OCCCCCON=CC(C)(C)C. The number of nitrogens with zero attached hydrogens (tertiary/aromatic N) is 1. The second-order valence-electron chi connectivity index (χ2n) is 7.20. The predicted molar refractivity (Wildman–Crippen MR) is 115 cm³/mol. The Morgan fingerprint density at radius 3 is 2.41 bits per heavy atom. The summed E-state index contributed by atoms with van der Waals surface area (Å²) in [6.45, 7) is 9.65. The van der Waals surface area contributed by atoms with E-state index < -0.39 is 0 Å². The van der Waals surface area contributed by atoms with Gasteiger partial charge in [0, 0.05) is 17.7 Å². The predicted octanol–water partition coefficient (Wildman–Crippen LogP) is 6.94. The van der Waals surface area contributed by atoms with Gasteiger partial charge < -0.3 is 14.3 Å². The van der Waals surface area contributed by atoms with E-state index in [1.54, 1.807) is 12.1 Å². The molecule has 152 valence electrons. The quantitative estimate of drug-likeness (QED) is 0.214. The fraction of sp³-hybridized carbons (Fsp3) is 0.550. The maximum absolute atomic E-state index is 6.30. The van der Waals surface area contributed by atoms with E-state index in [4.69, 9.17) is 49.1 Å². The molecule has 7 heteroatoms. The molecule has 0 unspecified atom stereocenters. The highest BCUT2D eigenvalue weighted by atomic mass is 35.5. The maximum atomic E-state index is 6.30. The number of hydrogen-bond acceptors (Lipinski definition) is 4. The first-order valence-electron chi connectivity index (χ1n) is 8.92. The smallest absolute Gasteiger partial charge is 0.141 e. The lowest BCUT2D eigenvalue weighted by Crippen LogP contribution is -2.06. The molecular weight excluding hydrogens is 409 g/mol. The van der Waals surface area contributed by atoms with Crippen LogP contribution in [0, 0.1) is 12.3 Å². The molecule has 0 bridgehead atoms. The molecule has 0 atom stereocenters. The fourth-order valence-electron chi connectivity index (χ4n) is 2.03. The summed E-state index contributed by atoms with van der Waals surface area (Å²) in [7, 11) is 0. The van der Waals surface area contributed by atoms with Gasteiger partial charge in [0.25, 0.3) is 0 Å². The van der Waals surface area contributed by atoms with Crippen molar-refractivity contribution in [1.82, 2.24) is 0 Å². The number of hydrogen-bond donors (Lipinski definition) is 0. The third-order valence-electron chi connectivity index (χ3n) is 3.33. The van der Waals surface area contributed by atoms with Crippen LogP contribution in [0.1, 0.15) is 45.6 Å². The molecule has 27 heavy (non-hydrogen) atoms. The lowest BCUT2D eigenvalue weighted by molar-refractivity contribution is 0.137. The molecule has 0 N–H and O–H groups in total. The average molecular weight is 437 g/mol. The molecular formula is C20H28Cl3NO3. The molecule has 4 nitrogen and oxygen atoms in total. The maximum Gasteiger partial charge on any atom is 0.141 e. The van der Waals surface area contributed by atoms with E-state index in [2.05, 4.69) is 25.9 Å². The number of ether oxygens (including phenoxy) is 2. The van der Waals surface area contributed by atoms with E-state index in [1.807, 2.05) is 19.2 Å². The third kappa shape index (κ3) is 11.4. The van der Waals surface area contributed by atoms with E-state index in [0.717, 1.165) is 24.8 Å². The highest BCUT2D eigenvalue weighted by molar-refractivity contribution is 6.55. The molecule has 0 spiro atoms. The summed E-state index contributed by atoms with van der Waals surface area (Å²) in [6, 6.07) is 3.60. The summed E-state index contributed by atoms with van der Waals surface area (Å²) < 4.78 is 11.5. The molecule has 0 aliphatic rings. The zero-order valence-electron chi connectivity index (χ0n) is 16.4. The van der Waals surface area contributed by atoms with Gasteiger partial charge in [-0.05, 0) is 43.9 Å². The summed E-state index contributed by atoms with van der Waals surface area (Å²) in [5.74, 6) is 1.32. The Bertz CT molecular complexity index is 613. The number of halogens is 3. The fourth-order valence-corrected chi connectivity index (χ4v) is 2.47. The van der Waals surface area contributed by atoms with Crippen LogP contribution in [0.15, 0.2) is 27.9 Å². The molecule has 0 aromatic heterocycles. The highest BCUT2D eigenvalue weighted by Crippen LogP contribution is 2.33. The van der Waals surface area contributed by atoms with Gasteiger partial charge in [-0.15, -0.1) is 0 Å². The molecule has 0 fully saturated rings. The second kappa shape index (κ2) is 12.4. The average Bonchev–Trinajstić information content (AvgIpc) is 2.54. The minimum atomic E-state index is 0.0411. The number of unbranched alkanes of at least 4 members (excludes halogenated alkanes) is 2. The molecule has 1 rings (SSSR count). The number of aryl methyl sites for hydroxylation is 1. The Hall–Kier alpha value is -1.10. The number of oxime groups is 1. The van der Waals surface area contributed by atoms with Gasteiger partial charge in [0.05, 0.1) is 11.6 Å². The van der Waals surface area contributed by atoms with Crippen molar-refractivity contribution < 1.29 is 14.3 Å². The van der Waals surface area contributed by atoms with Crippen molar-refractivity contribution >= 4 is 41.0 Å². The van der Waals surface area contributed by atoms with Gasteiger partial charge in [0.15, 0.2) is 0 Å². The van der Waals surface area contributed by atoms with E-state index in [-0.39, 0.29) is 16.5 Å². The van der Waals surface area contributed by atoms with E-state index in [0.29, 0.717) is 29.7 Å². The zero-order valence-corrected chi connectivity index (χ0v) is 18.6. The Labute approximate surface area is 177 Å². The normalized spacial score (nSPS) is 11.5. The summed E-state index contributed by atoms with van der Waals surface area (Å²) in [5, 5.41) is 4.49. The Morgan fingerprint density at radius 1 is 1.07 bits per heavy atom. The topological polar surface area (TPSA) is 40.0 Å². The van der Waals surface area contributed by atoms with Crippen LogP contribution >= 0.6 is 34.8 Å². The minimum Gasteiger partial charge on any atom is -0.492 e. The van der Waals surface area contributed by atoms with Gasteiger partial charge in [0.2, 0.25) is 0 Å². The van der Waals surface area contributed by atoms with Crippen LogP contribution in [0.5, 0.6) is 11.5 Å².